The lowest BCUT2D eigenvalue weighted by atomic mass is 10.0. The Morgan fingerprint density at radius 3 is 0.906 bits per heavy atom. The van der Waals surface area contributed by atoms with Gasteiger partial charge in [0.25, 0.3) is 0 Å². The highest BCUT2D eigenvalue weighted by molar-refractivity contribution is 5.71. The molecule has 0 spiro atoms. The predicted molar refractivity (Wildman–Crippen MR) is 275 cm³/mol. The number of rotatable bonds is 51. The minimum atomic E-state index is -0.776. The van der Waals surface area contributed by atoms with E-state index in [9.17, 15) is 14.4 Å². The maximum atomic E-state index is 12.8. The number of esters is 3. The lowest BCUT2D eigenvalue weighted by Gasteiger charge is -2.18. The quantitative estimate of drug-likeness (QED) is 0.0262. The number of hydrogen-bond acceptors (Lipinski definition) is 6. The zero-order chi connectivity index (χ0) is 46.5. The van der Waals surface area contributed by atoms with Crippen LogP contribution in [-0.2, 0) is 28.6 Å². The Balaban J connectivity index is 4.38. The molecule has 0 saturated heterocycles. The summed E-state index contributed by atoms with van der Waals surface area (Å²) in [6.45, 7) is 6.63. The van der Waals surface area contributed by atoms with Crippen LogP contribution in [0.1, 0.15) is 297 Å². The van der Waals surface area contributed by atoms with Gasteiger partial charge in [-0.25, -0.2) is 0 Å². The van der Waals surface area contributed by atoms with E-state index in [4.69, 9.17) is 14.2 Å². The number of carbonyl (C=O) groups excluding carboxylic acids is 3. The minimum absolute atomic E-state index is 0.0746. The summed E-state index contributed by atoms with van der Waals surface area (Å²) in [7, 11) is 0. The van der Waals surface area contributed by atoms with Gasteiger partial charge < -0.3 is 14.2 Å². The van der Waals surface area contributed by atoms with Crippen LogP contribution in [0.3, 0.4) is 0 Å². The lowest BCUT2D eigenvalue weighted by molar-refractivity contribution is -0.167. The van der Waals surface area contributed by atoms with Crippen molar-refractivity contribution >= 4 is 17.9 Å². The van der Waals surface area contributed by atoms with Crippen molar-refractivity contribution in [2.75, 3.05) is 13.2 Å². The summed E-state index contributed by atoms with van der Waals surface area (Å²) in [5, 5.41) is 0. The van der Waals surface area contributed by atoms with Crippen LogP contribution < -0.4 is 0 Å². The summed E-state index contributed by atoms with van der Waals surface area (Å²) in [5.74, 6) is -0.880. The summed E-state index contributed by atoms with van der Waals surface area (Å²) >= 11 is 0. The maximum Gasteiger partial charge on any atom is 0.306 e. The van der Waals surface area contributed by atoms with Gasteiger partial charge in [0.2, 0.25) is 0 Å². The molecule has 0 fully saturated rings. The number of allylic oxidation sites excluding steroid dienone is 6. The van der Waals surface area contributed by atoms with Gasteiger partial charge >= 0.3 is 17.9 Å². The van der Waals surface area contributed by atoms with Crippen molar-refractivity contribution in [1.29, 1.82) is 0 Å². The molecule has 0 unspecified atom stereocenters. The Kier molecular flexibility index (Phi) is 51.3. The van der Waals surface area contributed by atoms with E-state index in [0.717, 1.165) is 83.5 Å². The SMILES string of the molecule is CCCCC/C=C/C/C=C/C/C=C/CCCCCCC(=O)OC[C@@H](COC(=O)CCCCCCCCCCCCCCCC)OC(=O)CCCCCCCCCCCCCCCCC. The molecule has 0 aromatic carbocycles. The van der Waals surface area contributed by atoms with E-state index in [1.807, 2.05) is 0 Å². The first kappa shape index (κ1) is 61.6. The molecule has 64 heavy (non-hydrogen) atoms. The third-order valence-corrected chi connectivity index (χ3v) is 12.4. The molecule has 0 aliphatic heterocycles. The van der Waals surface area contributed by atoms with Gasteiger partial charge in [0, 0.05) is 19.3 Å². The van der Waals surface area contributed by atoms with Gasteiger partial charge in [-0.1, -0.05) is 256 Å². The van der Waals surface area contributed by atoms with Crippen LogP contribution in [0.15, 0.2) is 36.5 Å². The van der Waals surface area contributed by atoms with Gasteiger partial charge in [0.15, 0.2) is 6.10 Å². The van der Waals surface area contributed by atoms with Crippen molar-refractivity contribution in [3.8, 4) is 0 Å². The molecular weight excluding hydrogens is 793 g/mol. The summed E-state index contributed by atoms with van der Waals surface area (Å²) in [4.78, 5) is 38.1. The number of carbonyl (C=O) groups is 3. The molecule has 0 radical (unpaired) electrons. The Hall–Kier alpha value is -2.37. The second kappa shape index (κ2) is 53.2. The summed E-state index contributed by atoms with van der Waals surface area (Å²) < 4.78 is 16.8. The lowest BCUT2D eigenvalue weighted by Crippen LogP contribution is -2.30. The zero-order valence-electron chi connectivity index (χ0n) is 42.8. The molecule has 374 valence electrons. The molecule has 0 heterocycles. The molecule has 0 amide bonds. The molecule has 0 bridgehead atoms. The summed E-state index contributed by atoms with van der Waals surface area (Å²) in [5.41, 5.74) is 0. The van der Waals surface area contributed by atoms with E-state index in [2.05, 4.69) is 57.2 Å². The molecule has 0 N–H and O–H groups in total. The number of unbranched alkanes of at least 4 members (excludes halogenated alkanes) is 34. The van der Waals surface area contributed by atoms with Gasteiger partial charge in [0.1, 0.15) is 13.2 Å². The van der Waals surface area contributed by atoms with E-state index < -0.39 is 6.10 Å². The standard InChI is InChI=1S/C58H106O6/c1-4-7-10-13-16-19-22-25-28-29-31-33-36-39-42-45-48-51-57(60)63-54-55(53-62-56(59)50-47-44-41-38-35-32-27-24-21-18-15-12-9-6-3)64-58(61)52-49-46-43-40-37-34-30-26-23-20-17-14-11-8-5-2/h16,19,25,28,31,33,55H,4-15,17-18,20-24,26-27,29-30,32,34-54H2,1-3H3/b19-16+,28-25+,33-31+/t55-/m1/s1. The second-order valence-corrected chi connectivity index (χ2v) is 18.9. The Labute approximate surface area is 397 Å². The fourth-order valence-corrected chi connectivity index (χ4v) is 8.16. The van der Waals surface area contributed by atoms with Crippen LogP contribution >= 0.6 is 0 Å². The van der Waals surface area contributed by atoms with Gasteiger partial charge in [-0.15, -0.1) is 0 Å². The average Bonchev–Trinajstić information content (AvgIpc) is 3.29. The van der Waals surface area contributed by atoms with Crippen LogP contribution in [0.4, 0.5) is 0 Å². The van der Waals surface area contributed by atoms with Crippen LogP contribution in [0, 0.1) is 0 Å². The van der Waals surface area contributed by atoms with Gasteiger partial charge in [-0.2, -0.15) is 0 Å². The highest BCUT2D eigenvalue weighted by Crippen LogP contribution is 2.16. The fraction of sp³-hybridized carbons (Fsp3) is 0.845. The number of hydrogen-bond donors (Lipinski definition) is 0. The predicted octanol–water partition coefficient (Wildman–Crippen LogP) is 18.5. The number of ether oxygens (including phenoxy) is 3. The van der Waals surface area contributed by atoms with Crippen molar-refractivity contribution in [3.05, 3.63) is 36.5 Å². The van der Waals surface area contributed by atoms with Gasteiger partial charge in [-0.05, 0) is 57.8 Å². The molecule has 0 aliphatic rings. The van der Waals surface area contributed by atoms with E-state index in [-0.39, 0.29) is 31.1 Å². The van der Waals surface area contributed by atoms with Gasteiger partial charge in [-0.3, -0.25) is 14.4 Å². The topological polar surface area (TPSA) is 78.9 Å². The van der Waals surface area contributed by atoms with Gasteiger partial charge in [0.05, 0.1) is 0 Å². The monoisotopic (exact) mass is 899 g/mol. The van der Waals surface area contributed by atoms with E-state index in [1.165, 1.54) is 173 Å². The van der Waals surface area contributed by atoms with Crippen LogP contribution in [0.2, 0.25) is 0 Å². The summed E-state index contributed by atoms with van der Waals surface area (Å²) in [6, 6.07) is 0. The summed E-state index contributed by atoms with van der Waals surface area (Å²) in [6.07, 6.45) is 62.7. The Bertz CT molecular complexity index is 1080. The first-order valence-electron chi connectivity index (χ1n) is 28.0. The molecule has 0 rings (SSSR count). The average molecular weight is 899 g/mol. The fourth-order valence-electron chi connectivity index (χ4n) is 8.16. The zero-order valence-corrected chi connectivity index (χ0v) is 42.8. The van der Waals surface area contributed by atoms with Crippen molar-refractivity contribution in [2.24, 2.45) is 0 Å². The minimum Gasteiger partial charge on any atom is -0.462 e. The Morgan fingerprint density at radius 2 is 0.562 bits per heavy atom. The normalized spacial score (nSPS) is 12.2. The third kappa shape index (κ3) is 50.6. The maximum absolute atomic E-state index is 12.8. The van der Waals surface area contributed by atoms with Crippen LogP contribution in [0.5, 0.6) is 0 Å². The van der Waals surface area contributed by atoms with E-state index in [0.29, 0.717) is 19.3 Å². The van der Waals surface area contributed by atoms with Crippen LogP contribution in [-0.4, -0.2) is 37.2 Å². The Morgan fingerprint density at radius 1 is 0.312 bits per heavy atom. The molecule has 0 aromatic heterocycles. The van der Waals surface area contributed by atoms with Crippen molar-refractivity contribution in [1.82, 2.24) is 0 Å². The first-order valence-corrected chi connectivity index (χ1v) is 28.0. The molecule has 6 heteroatoms. The largest absolute Gasteiger partial charge is 0.462 e. The molecule has 6 nitrogen and oxygen atoms in total. The van der Waals surface area contributed by atoms with Crippen molar-refractivity contribution in [2.45, 2.75) is 303 Å². The molecular formula is C58H106O6. The van der Waals surface area contributed by atoms with E-state index in [1.54, 1.807) is 0 Å². The van der Waals surface area contributed by atoms with E-state index >= 15 is 0 Å². The van der Waals surface area contributed by atoms with Crippen LogP contribution in [0.25, 0.3) is 0 Å². The highest BCUT2D eigenvalue weighted by atomic mass is 16.6. The molecule has 1 atom stereocenters. The first-order chi connectivity index (χ1) is 31.5. The molecule has 0 saturated carbocycles. The highest BCUT2D eigenvalue weighted by Gasteiger charge is 2.19. The third-order valence-electron chi connectivity index (χ3n) is 12.4. The van der Waals surface area contributed by atoms with Crippen molar-refractivity contribution in [3.63, 3.8) is 0 Å². The van der Waals surface area contributed by atoms with Crippen molar-refractivity contribution < 1.29 is 28.6 Å². The smallest absolute Gasteiger partial charge is 0.306 e. The molecule has 0 aliphatic carbocycles. The second-order valence-electron chi connectivity index (χ2n) is 18.9. The molecule has 0 aromatic rings.